The molecule has 0 N–H and O–H groups in total. The minimum absolute atomic E-state index is 0.221. The summed E-state index contributed by atoms with van der Waals surface area (Å²) in [5.74, 6) is -16.3. The molecule has 1 unspecified atom stereocenters. The lowest BCUT2D eigenvalue weighted by molar-refractivity contribution is -0.382. The van der Waals surface area contributed by atoms with E-state index in [2.05, 4.69) is 3.63 Å². The van der Waals surface area contributed by atoms with E-state index < -0.39 is 60.0 Å². The van der Waals surface area contributed by atoms with E-state index in [0.29, 0.717) is 0 Å². The Morgan fingerprint density at radius 3 is 1.54 bits per heavy atom. The molecule has 0 rings (SSSR count). The van der Waals surface area contributed by atoms with Crippen LogP contribution in [-0.2, 0) is 18.5 Å². The molecule has 0 saturated heterocycles. The second-order valence-electron chi connectivity index (χ2n) is 6.84. The first kappa shape index (κ1) is 27.3. The van der Waals surface area contributed by atoms with Gasteiger partial charge in [-0.3, -0.25) is 4.79 Å². The van der Waals surface area contributed by atoms with Crippen LogP contribution in [0, 0.1) is 0 Å². The lowest BCUT2D eigenvalue weighted by Gasteiger charge is -2.46. The third kappa shape index (κ3) is 4.55. The molecule has 28 heavy (non-hydrogen) atoms. The summed E-state index contributed by atoms with van der Waals surface area (Å²) in [5, 5.41) is -6.95. The molecular weight excluding hydrogens is 455 g/mol. The number of carbonyl (C=O) groups excluding carboxylic acids is 1. The fourth-order valence-corrected chi connectivity index (χ4v) is 6.14. The zero-order valence-corrected chi connectivity index (χ0v) is 16.9. The van der Waals surface area contributed by atoms with Crippen molar-refractivity contribution in [2.75, 3.05) is 12.0 Å². The number of carbonyl (C=O) groups is 1. The Labute approximate surface area is 157 Å². The number of Topliss-reactive ketones (excluding diaryl/α,β-unsaturated/α-hetero) is 1. The molecule has 0 spiro atoms. The van der Waals surface area contributed by atoms with E-state index in [1.165, 1.54) is 27.7 Å². The summed E-state index contributed by atoms with van der Waals surface area (Å²) in [6.07, 6.45) is -6.55. The van der Waals surface area contributed by atoms with Gasteiger partial charge in [0.2, 0.25) is 0 Å². The van der Waals surface area contributed by atoms with Crippen LogP contribution in [0.15, 0.2) is 0 Å². The van der Waals surface area contributed by atoms with Crippen LogP contribution in [-0.4, -0.2) is 54.2 Å². The van der Waals surface area contributed by atoms with Gasteiger partial charge in [-0.15, -0.1) is 10.3 Å². The molecule has 0 aliphatic heterocycles. The summed E-state index contributed by atoms with van der Waals surface area (Å²) in [6, 6.07) is 0. The summed E-state index contributed by atoms with van der Waals surface area (Å²) in [6.45, 7) is 4.90. The van der Waals surface area contributed by atoms with Crippen molar-refractivity contribution in [2.24, 2.45) is 0 Å². The molecule has 0 aromatic carbocycles. The first-order valence-electron chi connectivity index (χ1n) is 7.34. The van der Waals surface area contributed by atoms with E-state index in [1.807, 2.05) is 0 Å². The fraction of sp³-hybridized carbons (Fsp3) is 0.923. The summed E-state index contributed by atoms with van der Waals surface area (Å²) in [4.78, 5) is 11.6. The standard InChI is InChI=1S/C13H19F9O4S2/c1-6-8(23)7-27(5,9(2,3)4)26-28(24,25)13(21,22)11(16,17)10(14,15)12(18,19)20/h6-7H2,1-5H3. The van der Waals surface area contributed by atoms with Crippen LogP contribution in [0.3, 0.4) is 0 Å². The van der Waals surface area contributed by atoms with Gasteiger partial charge in [-0.2, -0.15) is 47.9 Å². The third-order valence-electron chi connectivity index (χ3n) is 3.80. The molecule has 0 aliphatic rings. The molecule has 0 amide bonds. The number of alkyl halides is 9. The number of rotatable bonds is 8. The van der Waals surface area contributed by atoms with Gasteiger partial charge < -0.3 is 0 Å². The predicted octanol–water partition coefficient (Wildman–Crippen LogP) is 4.89. The first-order valence-corrected chi connectivity index (χ1v) is 10.9. The van der Waals surface area contributed by atoms with Crippen LogP contribution in [0.4, 0.5) is 39.5 Å². The van der Waals surface area contributed by atoms with Crippen LogP contribution in [0.2, 0.25) is 0 Å². The van der Waals surface area contributed by atoms with E-state index in [9.17, 15) is 52.7 Å². The molecule has 0 heterocycles. The number of halogens is 9. The molecule has 0 saturated carbocycles. The van der Waals surface area contributed by atoms with Crippen LogP contribution in [0.5, 0.6) is 0 Å². The maximum atomic E-state index is 13.8. The Morgan fingerprint density at radius 1 is 0.857 bits per heavy atom. The molecule has 170 valence electrons. The van der Waals surface area contributed by atoms with Gasteiger partial charge in [-0.25, -0.2) is 3.63 Å². The molecular formula is C13H19F9O4S2. The van der Waals surface area contributed by atoms with Crippen LogP contribution < -0.4 is 0 Å². The van der Waals surface area contributed by atoms with E-state index in [0.717, 1.165) is 6.26 Å². The van der Waals surface area contributed by atoms with Crippen molar-refractivity contribution >= 4 is 26.2 Å². The lowest BCUT2D eigenvalue weighted by atomic mass is 10.1. The Balaban J connectivity index is 6.39. The SMILES string of the molecule is CCC(=O)CS(C)(OS(=O)(=O)C(F)(F)C(F)(F)C(F)(F)C(F)(F)F)C(C)(C)C. The number of hydrogen-bond acceptors (Lipinski definition) is 4. The third-order valence-corrected chi connectivity index (χ3v) is 10.1. The summed E-state index contributed by atoms with van der Waals surface area (Å²) in [5.41, 5.74) is 0. The van der Waals surface area contributed by atoms with Crippen LogP contribution >= 0.6 is 10.3 Å². The average molecular weight is 474 g/mol. The van der Waals surface area contributed by atoms with Crippen LogP contribution in [0.1, 0.15) is 34.1 Å². The maximum absolute atomic E-state index is 13.8. The second kappa shape index (κ2) is 7.52. The lowest BCUT2D eigenvalue weighted by Crippen LogP contribution is -2.63. The predicted molar refractivity (Wildman–Crippen MR) is 84.3 cm³/mol. The van der Waals surface area contributed by atoms with Crippen molar-refractivity contribution in [3.05, 3.63) is 0 Å². The number of ketones is 1. The smallest absolute Gasteiger partial charge is 0.299 e. The Kier molecular flexibility index (Phi) is 7.34. The topological polar surface area (TPSA) is 60.4 Å². The first-order chi connectivity index (χ1) is 11.9. The van der Waals surface area contributed by atoms with Crippen molar-refractivity contribution in [3.63, 3.8) is 0 Å². The average Bonchev–Trinajstić information content (AvgIpc) is 2.43. The van der Waals surface area contributed by atoms with Gasteiger partial charge in [-0.05, 0) is 6.26 Å². The van der Waals surface area contributed by atoms with Crippen molar-refractivity contribution in [1.29, 1.82) is 0 Å². The highest BCUT2D eigenvalue weighted by atomic mass is 32.3. The van der Waals surface area contributed by atoms with E-state index in [4.69, 9.17) is 0 Å². The van der Waals surface area contributed by atoms with Crippen molar-refractivity contribution in [3.8, 4) is 0 Å². The molecule has 4 nitrogen and oxygen atoms in total. The van der Waals surface area contributed by atoms with Gasteiger partial charge in [0.25, 0.3) is 0 Å². The van der Waals surface area contributed by atoms with Gasteiger partial charge in [0.05, 0.1) is 5.75 Å². The Bertz CT molecular complexity index is 696. The molecule has 0 fully saturated rings. The molecule has 1 atom stereocenters. The van der Waals surface area contributed by atoms with E-state index >= 15 is 0 Å². The van der Waals surface area contributed by atoms with Gasteiger partial charge in [0.15, 0.2) is 0 Å². The highest BCUT2D eigenvalue weighted by Crippen LogP contribution is 2.62. The van der Waals surface area contributed by atoms with Gasteiger partial charge in [-0.1, -0.05) is 27.7 Å². The maximum Gasteiger partial charge on any atom is 0.460 e. The summed E-state index contributed by atoms with van der Waals surface area (Å²) in [7, 11) is -10.6. The van der Waals surface area contributed by atoms with Gasteiger partial charge in [0.1, 0.15) is 5.78 Å². The molecule has 0 aromatic rings. The summed E-state index contributed by atoms with van der Waals surface area (Å²) < 4.78 is 143. The minimum Gasteiger partial charge on any atom is -0.299 e. The number of hydrogen-bond donors (Lipinski definition) is 0. The van der Waals surface area contributed by atoms with Crippen molar-refractivity contribution in [1.82, 2.24) is 0 Å². The monoisotopic (exact) mass is 474 g/mol. The highest BCUT2D eigenvalue weighted by molar-refractivity contribution is 8.33. The molecule has 0 aliphatic carbocycles. The molecule has 0 aromatic heterocycles. The Morgan fingerprint density at radius 2 is 1.25 bits per heavy atom. The normalized spacial score (nSPS) is 18.5. The molecule has 0 radical (unpaired) electrons. The van der Waals surface area contributed by atoms with Crippen molar-refractivity contribution < 1.29 is 56.4 Å². The molecule has 15 heteroatoms. The van der Waals surface area contributed by atoms with Gasteiger partial charge >= 0.3 is 33.4 Å². The largest absolute Gasteiger partial charge is 0.460 e. The second-order valence-corrected chi connectivity index (χ2v) is 12.3. The van der Waals surface area contributed by atoms with E-state index in [1.54, 1.807) is 0 Å². The Hall–Kier alpha value is -0.700. The fourth-order valence-electron chi connectivity index (χ4n) is 1.51. The highest BCUT2D eigenvalue weighted by Gasteiger charge is 2.86. The summed E-state index contributed by atoms with van der Waals surface area (Å²) >= 11 is 0. The zero-order valence-electron chi connectivity index (χ0n) is 15.3. The molecule has 0 bridgehead atoms. The minimum atomic E-state index is -7.38. The van der Waals surface area contributed by atoms with Gasteiger partial charge in [0, 0.05) is 11.2 Å². The quantitative estimate of drug-likeness (QED) is 0.471. The zero-order chi connectivity index (χ0) is 23.2. The van der Waals surface area contributed by atoms with Crippen LogP contribution in [0.25, 0.3) is 0 Å². The van der Waals surface area contributed by atoms with Crippen molar-refractivity contribution in [2.45, 2.75) is 62.1 Å². The van der Waals surface area contributed by atoms with E-state index in [-0.39, 0.29) is 6.42 Å².